The van der Waals surface area contributed by atoms with Crippen molar-refractivity contribution in [3.05, 3.63) is 81.9 Å². The van der Waals surface area contributed by atoms with Gasteiger partial charge in [-0.3, -0.25) is 0 Å². The van der Waals surface area contributed by atoms with E-state index in [1.807, 2.05) is 0 Å². The van der Waals surface area contributed by atoms with Gasteiger partial charge in [0.2, 0.25) is 0 Å². The third-order valence-corrected chi connectivity index (χ3v) is 19.8. The van der Waals surface area contributed by atoms with Crippen molar-refractivity contribution in [3.63, 3.8) is 0 Å². The third kappa shape index (κ3) is 1.93. The Bertz CT molecular complexity index is 808. The van der Waals surface area contributed by atoms with Crippen LogP contribution in [0.2, 0.25) is 8.26 Å². The first-order valence-electron chi connectivity index (χ1n) is 8.75. The van der Waals surface area contributed by atoms with E-state index in [9.17, 15) is 0 Å². The van der Waals surface area contributed by atoms with Crippen LogP contribution in [0.3, 0.4) is 0 Å². The van der Waals surface area contributed by atoms with Crippen molar-refractivity contribution >= 4 is 12.2 Å². The molecule has 2 unspecified atom stereocenters. The third-order valence-electron chi connectivity index (χ3n) is 6.27. The topological polar surface area (TPSA) is 0 Å². The van der Waals surface area contributed by atoms with Crippen LogP contribution in [0.25, 0.3) is 12.2 Å². The molecule has 5 rings (SSSR count). The fourth-order valence-electron chi connectivity index (χ4n) is 5.37. The van der Waals surface area contributed by atoms with Gasteiger partial charge >= 0.3 is 144 Å². The Morgan fingerprint density at radius 2 is 1.17 bits per heavy atom. The zero-order valence-corrected chi connectivity index (χ0v) is 16.3. The molecule has 0 saturated carbocycles. The summed E-state index contributed by atoms with van der Waals surface area (Å²) in [5.41, 5.74) is 9.58. The van der Waals surface area contributed by atoms with E-state index in [4.69, 9.17) is 0 Å². The normalized spacial score (nSPS) is 26.3. The van der Waals surface area contributed by atoms with E-state index < -0.39 is 20.3 Å². The molecule has 118 valence electrons. The van der Waals surface area contributed by atoms with Crippen LogP contribution in [0.5, 0.6) is 0 Å². The second-order valence-electron chi connectivity index (χ2n) is 7.63. The van der Waals surface area contributed by atoms with Gasteiger partial charge in [-0.05, 0) is 0 Å². The van der Waals surface area contributed by atoms with Gasteiger partial charge in [0, 0.05) is 0 Å². The molecule has 2 aliphatic carbocycles. The molecule has 0 radical (unpaired) electrons. The van der Waals surface area contributed by atoms with Crippen LogP contribution < -0.4 is 0 Å². The average Bonchev–Trinajstić information content (AvgIpc) is 3.13. The molecule has 0 amide bonds. The van der Waals surface area contributed by atoms with E-state index in [2.05, 4.69) is 74.5 Å². The molecule has 1 heteroatoms. The molecule has 1 saturated heterocycles. The summed E-state index contributed by atoms with van der Waals surface area (Å²) in [7, 11) is 0. The maximum Gasteiger partial charge on any atom is -1.00 e. The van der Waals surface area contributed by atoms with Crippen LogP contribution in [-0.2, 0) is 20.3 Å². The summed E-state index contributed by atoms with van der Waals surface area (Å²) in [6.07, 6.45) is 4.94. The van der Waals surface area contributed by atoms with Crippen molar-refractivity contribution in [3.8, 4) is 0 Å². The SMILES string of the molecule is CC1=Cc2ccccc2[CH]1[Zr]1([CH]2C(C)=Cc3ccccc32)[CH2][CH2]1.[H-].[H-]. The minimum absolute atomic E-state index is 0. The van der Waals surface area contributed by atoms with Gasteiger partial charge in [0.05, 0.1) is 0 Å². The van der Waals surface area contributed by atoms with Gasteiger partial charge in [-0.1, -0.05) is 0 Å². The maximum absolute atomic E-state index is 2.47. The van der Waals surface area contributed by atoms with Crippen LogP contribution in [0.4, 0.5) is 0 Å². The monoisotopic (exact) mass is 378 g/mol. The summed E-state index contributed by atoms with van der Waals surface area (Å²) < 4.78 is 4.73. The van der Waals surface area contributed by atoms with E-state index in [-0.39, 0.29) is 2.85 Å². The average molecular weight is 380 g/mol. The van der Waals surface area contributed by atoms with Crippen molar-refractivity contribution in [1.82, 2.24) is 0 Å². The van der Waals surface area contributed by atoms with Gasteiger partial charge in [-0.15, -0.1) is 0 Å². The number of rotatable bonds is 2. The first-order chi connectivity index (χ1) is 11.2. The van der Waals surface area contributed by atoms with E-state index in [0.717, 1.165) is 7.25 Å². The van der Waals surface area contributed by atoms with Crippen LogP contribution in [0.15, 0.2) is 59.7 Å². The molecule has 0 spiro atoms. The minimum atomic E-state index is -2.25. The molecule has 1 fully saturated rings. The Morgan fingerprint density at radius 3 is 1.61 bits per heavy atom. The Balaban J connectivity index is 0.000000911. The second kappa shape index (κ2) is 4.90. The predicted molar refractivity (Wildman–Crippen MR) is 97.5 cm³/mol. The van der Waals surface area contributed by atoms with Crippen molar-refractivity contribution < 1.29 is 23.1 Å². The van der Waals surface area contributed by atoms with E-state index in [0.29, 0.717) is 0 Å². The van der Waals surface area contributed by atoms with Crippen molar-refractivity contribution in [2.75, 3.05) is 0 Å². The molecule has 0 aromatic heterocycles. The zero-order chi connectivity index (χ0) is 15.6. The molecule has 23 heavy (non-hydrogen) atoms. The predicted octanol–water partition coefficient (Wildman–Crippen LogP) is 6.53. The molecule has 1 aliphatic heterocycles. The molecule has 1 heterocycles. The number of hydrogen-bond donors (Lipinski definition) is 0. The van der Waals surface area contributed by atoms with E-state index in [1.165, 1.54) is 11.1 Å². The van der Waals surface area contributed by atoms with E-state index in [1.54, 1.807) is 30.5 Å². The van der Waals surface area contributed by atoms with Gasteiger partial charge in [-0.25, -0.2) is 0 Å². The molecule has 0 bridgehead atoms. The Labute approximate surface area is 146 Å². The molecule has 3 aliphatic rings. The van der Waals surface area contributed by atoms with Crippen molar-refractivity contribution in [2.24, 2.45) is 0 Å². The van der Waals surface area contributed by atoms with Crippen LogP contribution in [0.1, 0.15) is 46.2 Å². The maximum atomic E-state index is 2.47. The van der Waals surface area contributed by atoms with Crippen LogP contribution >= 0.6 is 0 Å². The largest absolute Gasteiger partial charge is 1.00 e. The number of benzene rings is 2. The smallest absolute Gasteiger partial charge is 1.00 e. The summed E-state index contributed by atoms with van der Waals surface area (Å²) in [4.78, 5) is 0. The van der Waals surface area contributed by atoms with Gasteiger partial charge in [0.1, 0.15) is 0 Å². The standard InChI is InChI=1S/2C10H9.C2H4.Zr.2H/c2*1-8-6-9-4-2-3-5-10(9)7-8;1-2;;;/h2*2-7H,1H3;1-2H2;;;/q;;;;2*-1. The molecule has 2 atom stereocenters. The Hall–Kier alpha value is -1.20. The fraction of sp³-hybridized carbons (Fsp3) is 0.273. The minimum Gasteiger partial charge on any atom is -1.00 e. The molecule has 0 N–H and O–H groups in total. The quantitative estimate of drug-likeness (QED) is 0.556. The second-order valence-corrected chi connectivity index (χ2v) is 19.0. The van der Waals surface area contributed by atoms with Crippen LogP contribution in [-0.4, -0.2) is 0 Å². The first kappa shape index (κ1) is 14.2. The zero-order valence-electron chi connectivity index (χ0n) is 15.8. The molecule has 0 nitrogen and oxygen atoms in total. The number of allylic oxidation sites excluding steroid dienone is 2. The van der Waals surface area contributed by atoms with Crippen molar-refractivity contribution in [2.45, 2.75) is 29.4 Å². The molecular weight excluding hydrogens is 355 g/mol. The van der Waals surface area contributed by atoms with Crippen LogP contribution in [0, 0.1) is 0 Å². The first-order valence-corrected chi connectivity index (χ1v) is 15.1. The fourth-order valence-corrected chi connectivity index (χ4v) is 23.1. The number of hydrogen-bond acceptors (Lipinski definition) is 0. The summed E-state index contributed by atoms with van der Waals surface area (Å²) in [5.74, 6) is 0. The Morgan fingerprint density at radius 1 is 0.739 bits per heavy atom. The molecule has 2 aromatic rings. The van der Waals surface area contributed by atoms with Crippen molar-refractivity contribution in [1.29, 1.82) is 0 Å². The summed E-state index contributed by atoms with van der Waals surface area (Å²) >= 11 is -2.25. The van der Waals surface area contributed by atoms with Gasteiger partial charge in [0.25, 0.3) is 0 Å². The number of fused-ring (bicyclic) bond motifs is 2. The van der Waals surface area contributed by atoms with E-state index >= 15 is 0 Å². The Kier molecular flexibility index (Phi) is 3.02. The van der Waals surface area contributed by atoms with Gasteiger partial charge in [-0.2, -0.15) is 0 Å². The van der Waals surface area contributed by atoms with Gasteiger partial charge in [0.15, 0.2) is 0 Å². The summed E-state index contributed by atoms with van der Waals surface area (Å²) in [6.45, 7) is 4.78. The summed E-state index contributed by atoms with van der Waals surface area (Å²) in [6, 6.07) is 18.3. The molecular formula is C22H24Zr-2. The summed E-state index contributed by atoms with van der Waals surface area (Å²) in [5, 5.41) is 0. The molecule has 2 aromatic carbocycles. The van der Waals surface area contributed by atoms with Gasteiger partial charge < -0.3 is 2.85 Å².